The third-order valence-corrected chi connectivity index (χ3v) is 11.8. The zero-order chi connectivity index (χ0) is 51.8. The fraction of sp³-hybridized carbons (Fsp3) is 0.917. The molecule has 0 aromatic rings. The van der Waals surface area contributed by atoms with Gasteiger partial charge in [-0.25, -0.2) is 4.18 Å². The van der Waals surface area contributed by atoms with E-state index in [0.717, 1.165) is 20.8 Å². The Hall–Kier alpha value is -2.60. The van der Waals surface area contributed by atoms with Gasteiger partial charge in [-0.2, -0.15) is 8.42 Å². The van der Waals surface area contributed by atoms with Gasteiger partial charge in [-0.3, -0.25) is 18.9 Å². The predicted octanol–water partition coefficient (Wildman–Crippen LogP) is -12.0. The molecule has 18 N–H and O–H groups in total. The Morgan fingerprint density at radius 2 is 1.01 bits per heavy atom. The van der Waals surface area contributed by atoms with Crippen LogP contribution in [-0.4, -0.2) is 289 Å². The first-order valence-corrected chi connectivity index (χ1v) is 22.5. The lowest BCUT2D eigenvalue weighted by atomic mass is 9.94. The van der Waals surface area contributed by atoms with Gasteiger partial charge in [0, 0.05) is 20.8 Å². The standard InChI is InChI=1S/C36H63N3O29S/c1-10(44)37-13(4-40)30(66-34-20(39-12(3)46)25(52)31(17(7-43)64-34)67-35-28(55)26(53)22(49)15(5-41)62-35)21(48)14(47)8-60-33-19(38-11(2)45)24(51)32(18(65-33)9-61-69(57,58)59)68-36-29(56)27(54)23(50)16(6-42)63-36/h13-36,40-43,47-56H,4-9H2,1-3H3,(H,37,44)(H,38,45)(H,39,46)(H,57,58,59). The van der Waals surface area contributed by atoms with Crippen LogP contribution in [0.2, 0.25) is 0 Å². The van der Waals surface area contributed by atoms with E-state index in [0.29, 0.717) is 0 Å². The van der Waals surface area contributed by atoms with Gasteiger partial charge in [0.25, 0.3) is 0 Å². The summed E-state index contributed by atoms with van der Waals surface area (Å²) in [6.45, 7) is -3.28. The number of hydrogen-bond donors (Lipinski definition) is 18. The van der Waals surface area contributed by atoms with Crippen LogP contribution in [0.15, 0.2) is 0 Å². The molecule has 4 rings (SSSR count). The van der Waals surface area contributed by atoms with Crippen LogP contribution in [0.1, 0.15) is 20.8 Å². The van der Waals surface area contributed by atoms with Gasteiger partial charge in [-0.05, 0) is 0 Å². The second-order valence-electron chi connectivity index (χ2n) is 16.5. The predicted molar refractivity (Wildman–Crippen MR) is 214 cm³/mol. The molecule has 0 aromatic heterocycles. The summed E-state index contributed by atoms with van der Waals surface area (Å²) in [5.41, 5.74) is 0. The number of aliphatic hydroxyl groups excluding tert-OH is 14. The smallest absolute Gasteiger partial charge is 0.394 e. The zero-order valence-corrected chi connectivity index (χ0v) is 37.7. The molecule has 0 bridgehead atoms. The summed E-state index contributed by atoms with van der Waals surface area (Å²) in [5, 5.41) is 155. The van der Waals surface area contributed by atoms with Crippen LogP contribution in [0.5, 0.6) is 0 Å². The molecule has 0 aromatic carbocycles. The van der Waals surface area contributed by atoms with Crippen LogP contribution in [0.3, 0.4) is 0 Å². The first kappa shape index (κ1) is 59.0. The topological polar surface area (TPSA) is 508 Å². The van der Waals surface area contributed by atoms with Gasteiger partial charge < -0.3 is 125 Å². The lowest BCUT2D eigenvalue weighted by molar-refractivity contribution is -0.354. The van der Waals surface area contributed by atoms with E-state index >= 15 is 0 Å². The summed E-state index contributed by atoms with van der Waals surface area (Å²) in [4.78, 5) is 37.1. The first-order valence-electron chi connectivity index (χ1n) is 21.2. The zero-order valence-electron chi connectivity index (χ0n) is 36.9. The molecule has 24 atom stereocenters. The molecule has 4 fully saturated rings. The van der Waals surface area contributed by atoms with E-state index in [9.17, 15) is 98.8 Å². The Bertz CT molecular complexity index is 1760. The van der Waals surface area contributed by atoms with Crippen molar-refractivity contribution < 1.29 is 141 Å². The third kappa shape index (κ3) is 15.0. The summed E-state index contributed by atoms with van der Waals surface area (Å²) >= 11 is 0. The maximum absolute atomic E-state index is 12.4. The highest BCUT2D eigenvalue weighted by molar-refractivity contribution is 7.80. The summed E-state index contributed by atoms with van der Waals surface area (Å²) in [6, 6.07) is -5.26. The number of carbonyl (C=O) groups is 3. The molecule has 402 valence electrons. The molecular weight excluding hydrogens is 970 g/mol. The molecule has 0 saturated carbocycles. The van der Waals surface area contributed by atoms with E-state index in [4.69, 9.17) is 37.9 Å². The van der Waals surface area contributed by atoms with Gasteiger partial charge >= 0.3 is 10.4 Å². The van der Waals surface area contributed by atoms with Gasteiger partial charge in [-0.1, -0.05) is 0 Å². The van der Waals surface area contributed by atoms with Crippen molar-refractivity contribution in [2.24, 2.45) is 0 Å². The maximum Gasteiger partial charge on any atom is 0.397 e. The third-order valence-electron chi connectivity index (χ3n) is 11.4. The van der Waals surface area contributed by atoms with Crippen LogP contribution < -0.4 is 16.0 Å². The number of aliphatic hydroxyl groups is 14. The largest absolute Gasteiger partial charge is 0.397 e. The molecule has 33 heteroatoms. The SMILES string of the molecule is CC(=O)NC(CO)C(OC1OC(CO)C(OC2OC(CO)C(O)C(O)C2O)C(O)C1NC(C)=O)C(O)C(O)COC1OC(COS(=O)(=O)O)C(OC2OC(CO)C(O)C(O)C2O)C(O)C1NC(C)=O. The number of carbonyl (C=O) groups excluding carboxylic acids is 3. The molecule has 4 aliphatic rings. The quantitative estimate of drug-likeness (QED) is 0.0448. The number of rotatable bonds is 22. The number of hydrogen-bond acceptors (Lipinski definition) is 28. The molecule has 0 aliphatic carbocycles. The highest BCUT2D eigenvalue weighted by Crippen LogP contribution is 2.33. The fourth-order valence-corrected chi connectivity index (χ4v) is 8.19. The van der Waals surface area contributed by atoms with Crippen LogP contribution in [-0.2, 0) is 66.9 Å². The van der Waals surface area contributed by atoms with E-state index in [2.05, 4.69) is 20.1 Å². The van der Waals surface area contributed by atoms with Crippen molar-refractivity contribution in [2.75, 3.05) is 39.6 Å². The van der Waals surface area contributed by atoms with Crippen molar-refractivity contribution in [1.82, 2.24) is 16.0 Å². The molecule has 3 amide bonds. The molecule has 4 saturated heterocycles. The molecule has 0 radical (unpaired) electrons. The van der Waals surface area contributed by atoms with Crippen LogP contribution >= 0.6 is 0 Å². The van der Waals surface area contributed by atoms with Gasteiger partial charge in [-0.15, -0.1) is 0 Å². The minimum absolute atomic E-state index is 0.841. The number of amides is 3. The Morgan fingerprint density at radius 3 is 1.43 bits per heavy atom. The lowest BCUT2D eigenvalue weighted by Gasteiger charge is -2.48. The van der Waals surface area contributed by atoms with Crippen molar-refractivity contribution in [3.8, 4) is 0 Å². The summed E-state index contributed by atoms with van der Waals surface area (Å²) in [7, 11) is -5.27. The normalized spacial score (nSPS) is 40.5. The summed E-state index contributed by atoms with van der Waals surface area (Å²) in [6.07, 6.45) is -40.7. The maximum atomic E-state index is 12.4. The second-order valence-corrected chi connectivity index (χ2v) is 17.6. The number of ether oxygens (including phenoxy) is 8. The van der Waals surface area contributed by atoms with Crippen molar-refractivity contribution in [1.29, 1.82) is 0 Å². The van der Waals surface area contributed by atoms with Crippen molar-refractivity contribution >= 4 is 28.1 Å². The van der Waals surface area contributed by atoms with Crippen LogP contribution in [0.4, 0.5) is 0 Å². The molecule has 0 spiro atoms. The monoisotopic (exact) mass is 1030 g/mol. The summed E-state index contributed by atoms with van der Waals surface area (Å²) in [5.74, 6) is -2.58. The van der Waals surface area contributed by atoms with Gasteiger partial charge in [0.1, 0.15) is 116 Å². The van der Waals surface area contributed by atoms with Gasteiger partial charge in [0.15, 0.2) is 25.2 Å². The highest BCUT2D eigenvalue weighted by Gasteiger charge is 2.55. The second kappa shape index (κ2) is 25.9. The van der Waals surface area contributed by atoms with Gasteiger partial charge in [0.2, 0.25) is 17.7 Å². The Labute approximate surface area is 392 Å². The molecule has 24 unspecified atom stereocenters. The van der Waals surface area contributed by atoms with E-state index < -0.39 is 215 Å². The Kier molecular flexibility index (Phi) is 22.1. The number of nitrogens with one attached hydrogen (secondary N) is 3. The average molecular weight is 1030 g/mol. The minimum Gasteiger partial charge on any atom is -0.394 e. The van der Waals surface area contributed by atoms with E-state index in [1.807, 2.05) is 0 Å². The van der Waals surface area contributed by atoms with E-state index in [1.54, 1.807) is 0 Å². The molecule has 4 heterocycles. The minimum atomic E-state index is -5.27. The average Bonchev–Trinajstić information content (AvgIpc) is 3.28. The fourth-order valence-electron chi connectivity index (χ4n) is 7.89. The molecule has 32 nitrogen and oxygen atoms in total. The van der Waals surface area contributed by atoms with Crippen molar-refractivity contribution in [3.05, 3.63) is 0 Å². The highest BCUT2D eigenvalue weighted by atomic mass is 32.3. The Balaban J connectivity index is 1.61. The first-order chi connectivity index (χ1) is 32.3. The molecular formula is C36H63N3O29S. The molecule has 4 aliphatic heterocycles. The van der Waals surface area contributed by atoms with Crippen molar-refractivity contribution in [2.45, 2.75) is 168 Å². The molecule has 69 heavy (non-hydrogen) atoms. The van der Waals surface area contributed by atoms with Crippen molar-refractivity contribution in [3.63, 3.8) is 0 Å². The lowest BCUT2D eigenvalue weighted by Crippen LogP contribution is -2.69. The van der Waals surface area contributed by atoms with E-state index in [1.165, 1.54) is 0 Å². The van der Waals surface area contributed by atoms with Gasteiger partial charge in [0.05, 0.1) is 45.7 Å². The summed E-state index contributed by atoms with van der Waals surface area (Å²) < 4.78 is 82.0. The Morgan fingerprint density at radius 1 is 0.580 bits per heavy atom. The van der Waals surface area contributed by atoms with Crippen LogP contribution in [0, 0.1) is 0 Å². The van der Waals surface area contributed by atoms with E-state index in [-0.39, 0.29) is 0 Å². The van der Waals surface area contributed by atoms with Crippen LogP contribution in [0.25, 0.3) is 0 Å².